The average Bonchev–Trinajstić information content (AvgIpc) is 3.22. The summed E-state index contributed by atoms with van der Waals surface area (Å²) in [7, 11) is 0. The lowest BCUT2D eigenvalue weighted by molar-refractivity contribution is -0.136. The van der Waals surface area contributed by atoms with Crippen molar-refractivity contribution in [2.24, 2.45) is 0 Å². The second-order valence-corrected chi connectivity index (χ2v) is 8.47. The lowest BCUT2D eigenvalue weighted by Crippen LogP contribution is -2.40. The van der Waals surface area contributed by atoms with Gasteiger partial charge in [-0.2, -0.15) is 0 Å². The van der Waals surface area contributed by atoms with Crippen molar-refractivity contribution in [3.63, 3.8) is 0 Å². The summed E-state index contributed by atoms with van der Waals surface area (Å²) in [6.45, 7) is 0.214. The van der Waals surface area contributed by atoms with Gasteiger partial charge in [0.05, 0.1) is 17.8 Å². The summed E-state index contributed by atoms with van der Waals surface area (Å²) in [5.74, 6) is -0.885. The monoisotopic (exact) mass is 354 g/mol. The highest BCUT2D eigenvalue weighted by Crippen LogP contribution is 2.50. The van der Waals surface area contributed by atoms with E-state index < -0.39 is 11.2 Å². The molecule has 2 aromatic rings. The fraction of sp³-hybridized carbons (Fsp3) is 0.421. The number of aliphatic carboxylic acids is 1. The predicted molar refractivity (Wildman–Crippen MR) is 95.1 cm³/mol. The summed E-state index contributed by atoms with van der Waals surface area (Å²) >= 11 is 1.19. The Kier molecular flexibility index (Phi) is 3.17. The molecule has 25 heavy (non-hydrogen) atoms. The smallest absolute Gasteiger partial charge is 0.318 e. The first-order valence-corrected chi connectivity index (χ1v) is 9.60. The molecule has 0 unspecified atom stereocenters. The van der Waals surface area contributed by atoms with E-state index in [-0.39, 0.29) is 17.5 Å². The number of fused-ring (bicyclic) bond motifs is 5. The standard InChI is InChI=1S/C19H18N2O3S/c22-16-14-15(20-18-21(16)10-13(25-18)17(23)24)12-6-2-1-5-11(12)9-19(14)7-3-4-8-19/h1-2,5-6,13H,3-4,7-10H2,(H,23,24)/t13-/m1/s1. The highest BCUT2D eigenvalue weighted by molar-refractivity contribution is 8.00. The molecule has 1 N–H and O–H groups in total. The van der Waals surface area contributed by atoms with E-state index in [9.17, 15) is 14.7 Å². The minimum atomic E-state index is -0.885. The molecule has 1 aromatic heterocycles. The molecule has 3 aliphatic rings. The highest BCUT2D eigenvalue weighted by Gasteiger charge is 2.45. The summed E-state index contributed by atoms with van der Waals surface area (Å²) in [6, 6.07) is 8.20. The van der Waals surface area contributed by atoms with Gasteiger partial charge < -0.3 is 5.11 Å². The fourth-order valence-electron chi connectivity index (χ4n) is 4.75. The lowest BCUT2D eigenvalue weighted by atomic mass is 9.68. The number of carboxylic acid groups (broad SMARTS) is 1. The molecule has 6 heteroatoms. The van der Waals surface area contributed by atoms with Gasteiger partial charge >= 0.3 is 5.97 Å². The molecule has 1 fully saturated rings. The van der Waals surface area contributed by atoms with Crippen LogP contribution in [0.15, 0.2) is 34.2 Å². The second-order valence-electron chi connectivity index (χ2n) is 7.30. The summed E-state index contributed by atoms with van der Waals surface area (Å²) in [5, 5.41) is 9.26. The SMILES string of the molecule is O=C(O)[C@H]1Cn2c(nc3c(c2=O)C2(CCCC2)Cc2ccccc2-3)S1. The summed E-state index contributed by atoms with van der Waals surface area (Å²) < 4.78 is 1.59. The zero-order chi connectivity index (χ0) is 17.2. The van der Waals surface area contributed by atoms with E-state index in [0.717, 1.165) is 48.9 Å². The molecule has 1 saturated carbocycles. The Balaban J connectivity index is 1.79. The number of hydrogen-bond donors (Lipinski definition) is 1. The first-order chi connectivity index (χ1) is 12.1. The van der Waals surface area contributed by atoms with Crippen LogP contribution in [0.25, 0.3) is 11.3 Å². The van der Waals surface area contributed by atoms with Crippen LogP contribution in [0, 0.1) is 0 Å². The van der Waals surface area contributed by atoms with Crippen LogP contribution < -0.4 is 5.56 Å². The van der Waals surface area contributed by atoms with Gasteiger partial charge in [0.2, 0.25) is 0 Å². The zero-order valence-corrected chi connectivity index (χ0v) is 14.5. The van der Waals surface area contributed by atoms with Crippen molar-refractivity contribution in [1.29, 1.82) is 0 Å². The summed E-state index contributed by atoms with van der Waals surface area (Å²) in [6.07, 6.45) is 5.19. The normalized spacial score (nSPS) is 22.5. The quantitative estimate of drug-likeness (QED) is 0.797. The molecule has 1 atom stereocenters. The van der Waals surface area contributed by atoms with Gasteiger partial charge in [0, 0.05) is 11.0 Å². The molecule has 0 radical (unpaired) electrons. The molecule has 128 valence electrons. The van der Waals surface area contributed by atoms with Crippen molar-refractivity contribution in [2.45, 2.75) is 54.5 Å². The van der Waals surface area contributed by atoms with Crippen LogP contribution >= 0.6 is 11.8 Å². The largest absolute Gasteiger partial charge is 0.480 e. The van der Waals surface area contributed by atoms with Crippen molar-refractivity contribution in [3.8, 4) is 11.3 Å². The molecule has 5 nitrogen and oxygen atoms in total. The van der Waals surface area contributed by atoms with Crippen LogP contribution in [0.4, 0.5) is 0 Å². The second kappa shape index (κ2) is 5.21. The van der Waals surface area contributed by atoms with E-state index in [1.165, 1.54) is 17.3 Å². The van der Waals surface area contributed by atoms with Crippen molar-refractivity contribution >= 4 is 17.7 Å². The molecule has 5 rings (SSSR count). The maximum Gasteiger partial charge on any atom is 0.318 e. The van der Waals surface area contributed by atoms with Crippen LogP contribution in [-0.4, -0.2) is 25.9 Å². The first kappa shape index (κ1) is 15.2. The third-order valence-corrected chi connectivity index (χ3v) is 7.06. The Bertz CT molecular complexity index is 960. The minimum absolute atomic E-state index is 0.0207. The maximum atomic E-state index is 13.4. The van der Waals surface area contributed by atoms with E-state index in [1.807, 2.05) is 18.2 Å². The number of carbonyl (C=O) groups is 1. The average molecular weight is 354 g/mol. The Morgan fingerprint density at radius 2 is 2.04 bits per heavy atom. The molecule has 1 spiro atoms. The minimum Gasteiger partial charge on any atom is -0.480 e. The van der Waals surface area contributed by atoms with Crippen LogP contribution in [-0.2, 0) is 23.2 Å². The molecule has 0 saturated heterocycles. The van der Waals surface area contributed by atoms with Crippen molar-refractivity contribution < 1.29 is 9.90 Å². The van der Waals surface area contributed by atoms with Gasteiger partial charge in [-0.1, -0.05) is 48.9 Å². The highest BCUT2D eigenvalue weighted by atomic mass is 32.2. The van der Waals surface area contributed by atoms with E-state index in [1.54, 1.807) is 4.57 Å². The number of benzene rings is 1. The molecular weight excluding hydrogens is 336 g/mol. The molecule has 2 aliphatic carbocycles. The Morgan fingerprint density at radius 3 is 2.80 bits per heavy atom. The maximum absolute atomic E-state index is 13.4. The van der Waals surface area contributed by atoms with E-state index in [2.05, 4.69) is 6.07 Å². The molecular formula is C19H18N2O3S. The summed E-state index contributed by atoms with van der Waals surface area (Å²) in [5.41, 5.74) is 3.77. The summed E-state index contributed by atoms with van der Waals surface area (Å²) in [4.78, 5) is 29.6. The van der Waals surface area contributed by atoms with Gasteiger partial charge in [0.15, 0.2) is 5.16 Å². The zero-order valence-electron chi connectivity index (χ0n) is 13.7. The fourth-order valence-corrected chi connectivity index (χ4v) is 5.76. The van der Waals surface area contributed by atoms with Gasteiger partial charge in [-0.05, 0) is 24.8 Å². The topological polar surface area (TPSA) is 72.2 Å². The van der Waals surface area contributed by atoms with Crippen molar-refractivity contribution in [3.05, 3.63) is 45.7 Å². The van der Waals surface area contributed by atoms with Crippen LogP contribution in [0.1, 0.15) is 36.8 Å². The number of hydrogen-bond acceptors (Lipinski definition) is 4. The van der Waals surface area contributed by atoms with Crippen molar-refractivity contribution in [1.82, 2.24) is 9.55 Å². The van der Waals surface area contributed by atoms with Gasteiger partial charge in [0.25, 0.3) is 5.56 Å². The third kappa shape index (κ3) is 2.06. The molecule has 0 bridgehead atoms. The number of thioether (sulfide) groups is 1. The Morgan fingerprint density at radius 1 is 1.28 bits per heavy atom. The van der Waals surface area contributed by atoms with Gasteiger partial charge in [0.1, 0.15) is 5.25 Å². The molecule has 2 heterocycles. The third-order valence-electron chi connectivity index (χ3n) is 5.90. The molecule has 1 aromatic carbocycles. The van der Waals surface area contributed by atoms with Crippen molar-refractivity contribution in [2.75, 3.05) is 0 Å². The van der Waals surface area contributed by atoms with Gasteiger partial charge in [-0.3, -0.25) is 14.2 Å². The lowest BCUT2D eigenvalue weighted by Gasteiger charge is -2.36. The van der Waals surface area contributed by atoms with Crippen LogP contribution in [0.5, 0.6) is 0 Å². The Hall–Kier alpha value is -2.08. The molecule has 1 aliphatic heterocycles. The predicted octanol–water partition coefficient (Wildman–Crippen LogP) is 2.84. The van der Waals surface area contributed by atoms with Gasteiger partial charge in [-0.15, -0.1) is 0 Å². The van der Waals surface area contributed by atoms with Crippen LogP contribution in [0.3, 0.4) is 0 Å². The number of carboxylic acids is 1. The van der Waals surface area contributed by atoms with Gasteiger partial charge in [-0.25, -0.2) is 4.98 Å². The first-order valence-electron chi connectivity index (χ1n) is 8.72. The number of rotatable bonds is 1. The molecule has 0 amide bonds. The number of aromatic nitrogens is 2. The van der Waals surface area contributed by atoms with E-state index in [4.69, 9.17) is 4.98 Å². The van der Waals surface area contributed by atoms with Crippen LogP contribution in [0.2, 0.25) is 0 Å². The van der Waals surface area contributed by atoms with E-state index in [0.29, 0.717) is 5.16 Å². The van der Waals surface area contributed by atoms with E-state index >= 15 is 0 Å². The number of nitrogens with zero attached hydrogens (tertiary/aromatic N) is 2. The Labute approximate surface area is 149 Å².